The normalized spacial score (nSPS) is 11.3. The van der Waals surface area contributed by atoms with E-state index in [9.17, 15) is 4.79 Å². The van der Waals surface area contributed by atoms with Crippen molar-refractivity contribution in [2.75, 3.05) is 0 Å². The van der Waals surface area contributed by atoms with Crippen LogP contribution in [0.2, 0.25) is 0 Å². The molecule has 5 nitrogen and oxygen atoms in total. The number of para-hydroxylation sites is 1. The fourth-order valence-electron chi connectivity index (χ4n) is 1.43. The molecule has 1 heterocycles. The summed E-state index contributed by atoms with van der Waals surface area (Å²) >= 11 is 0. The minimum absolute atomic E-state index is 0.142. The Morgan fingerprint density at radius 1 is 1.26 bits per heavy atom. The van der Waals surface area contributed by atoms with Crippen LogP contribution in [0.15, 0.2) is 36.5 Å². The van der Waals surface area contributed by atoms with Gasteiger partial charge in [-0.3, -0.25) is 4.79 Å². The van der Waals surface area contributed by atoms with Crippen LogP contribution in [0, 0.1) is 5.41 Å². The fourth-order valence-corrected chi connectivity index (χ4v) is 1.43. The highest BCUT2D eigenvalue weighted by atomic mass is 16.5. The molecule has 1 aromatic carbocycles. The second kappa shape index (κ2) is 5.22. The van der Waals surface area contributed by atoms with Gasteiger partial charge < -0.3 is 4.74 Å². The number of carbonyl (C=O) groups is 1. The molecule has 0 aliphatic rings. The first-order valence-electron chi connectivity index (χ1n) is 6.11. The summed E-state index contributed by atoms with van der Waals surface area (Å²) < 4.78 is 6.84. The van der Waals surface area contributed by atoms with Gasteiger partial charge in [0.15, 0.2) is 0 Å². The van der Waals surface area contributed by atoms with Crippen LogP contribution in [-0.4, -0.2) is 21.0 Å². The molecule has 19 heavy (non-hydrogen) atoms. The molecule has 0 saturated carbocycles. The van der Waals surface area contributed by atoms with E-state index in [0.717, 1.165) is 5.69 Å². The molecule has 0 N–H and O–H groups in total. The van der Waals surface area contributed by atoms with Crippen molar-refractivity contribution in [1.82, 2.24) is 15.0 Å². The Hall–Kier alpha value is -2.17. The van der Waals surface area contributed by atoms with Crippen LogP contribution in [-0.2, 0) is 16.1 Å². The third-order valence-electron chi connectivity index (χ3n) is 2.53. The Labute approximate surface area is 112 Å². The Balaban J connectivity index is 2.01. The van der Waals surface area contributed by atoms with Gasteiger partial charge >= 0.3 is 5.97 Å². The van der Waals surface area contributed by atoms with Crippen molar-refractivity contribution >= 4 is 5.97 Å². The molecule has 0 spiro atoms. The Morgan fingerprint density at radius 2 is 1.95 bits per heavy atom. The first kappa shape index (κ1) is 13.3. The highest BCUT2D eigenvalue weighted by molar-refractivity contribution is 5.75. The fraction of sp³-hybridized carbons (Fsp3) is 0.357. The number of esters is 1. The van der Waals surface area contributed by atoms with E-state index in [1.165, 1.54) is 0 Å². The van der Waals surface area contributed by atoms with E-state index in [4.69, 9.17) is 4.74 Å². The van der Waals surface area contributed by atoms with Crippen LogP contribution < -0.4 is 0 Å². The van der Waals surface area contributed by atoms with Crippen LogP contribution in [0.5, 0.6) is 0 Å². The van der Waals surface area contributed by atoms with Crippen LogP contribution in [0.25, 0.3) is 5.69 Å². The molecular formula is C14H17N3O2. The summed E-state index contributed by atoms with van der Waals surface area (Å²) in [6.45, 7) is 5.59. The van der Waals surface area contributed by atoms with Crippen molar-refractivity contribution in [2.45, 2.75) is 27.4 Å². The van der Waals surface area contributed by atoms with Crippen molar-refractivity contribution in [1.29, 1.82) is 0 Å². The lowest BCUT2D eigenvalue weighted by Crippen LogP contribution is -2.22. The third kappa shape index (κ3) is 3.40. The second-order valence-electron chi connectivity index (χ2n) is 5.32. The highest BCUT2D eigenvalue weighted by Gasteiger charge is 2.23. The van der Waals surface area contributed by atoms with E-state index in [-0.39, 0.29) is 12.6 Å². The molecule has 2 aromatic rings. The maximum atomic E-state index is 11.6. The number of carbonyl (C=O) groups excluding carboxylic acids is 1. The number of hydrogen-bond acceptors (Lipinski definition) is 4. The number of aromatic nitrogens is 3. The van der Waals surface area contributed by atoms with Crippen molar-refractivity contribution in [3.05, 3.63) is 42.2 Å². The molecule has 1 aromatic heterocycles. The maximum absolute atomic E-state index is 11.6. The highest BCUT2D eigenvalue weighted by Crippen LogP contribution is 2.16. The van der Waals surface area contributed by atoms with Crippen molar-refractivity contribution < 1.29 is 9.53 Å². The van der Waals surface area contributed by atoms with Crippen LogP contribution in [0.3, 0.4) is 0 Å². The van der Waals surface area contributed by atoms with E-state index in [2.05, 4.69) is 10.3 Å². The SMILES string of the molecule is CC(C)(C)C(=O)OCc1cn(-c2ccccc2)nn1. The maximum Gasteiger partial charge on any atom is 0.311 e. The van der Waals surface area contributed by atoms with Gasteiger partial charge in [-0.2, -0.15) is 0 Å². The zero-order valence-corrected chi connectivity index (χ0v) is 11.3. The molecule has 0 fully saturated rings. The quantitative estimate of drug-likeness (QED) is 0.794. The van der Waals surface area contributed by atoms with Gasteiger partial charge in [-0.05, 0) is 32.9 Å². The largest absolute Gasteiger partial charge is 0.459 e. The number of benzene rings is 1. The number of ether oxygens (including phenoxy) is 1. The van der Waals surface area contributed by atoms with Gasteiger partial charge in [0.2, 0.25) is 0 Å². The summed E-state index contributed by atoms with van der Waals surface area (Å²) in [7, 11) is 0. The lowest BCUT2D eigenvalue weighted by molar-refractivity contribution is -0.154. The van der Waals surface area contributed by atoms with Crippen molar-refractivity contribution in [3.63, 3.8) is 0 Å². The first-order chi connectivity index (χ1) is 8.97. The van der Waals surface area contributed by atoms with Gasteiger partial charge in [0.05, 0.1) is 17.3 Å². The summed E-state index contributed by atoms with van der Waals surface area (Å²) in [6, 6.07) is 9.65. The first-order valence-corrected chi connectivity index (χ1v) is 6.11. The topological polar surface area (TPSA) is 57.0 Å². The summed E-state index contributed by atoms with van der Waals surface area (Å²) in [6.07, 6.45) is 1.76. The van der Waals surface area contributed by atoms with Crippen molar-refractivity contribution in [2.24, 2.45) is 5.41 Å². The van der Waals surface area contributed by atoms with E-state index in [0.29, 0.717) is 5.69 Å². The van der Waals surface area contributed by atoms with E-state index >= 15 is 0 Å². The molecule has 0 amide bonds. The zero-order chi connectivity index (χ0) is 13.9. The van der Waals surface area contributed by atoms with Gasteiger partial charge in [-0.25, -0.2) is 4.68 Å². The smallest absolute Gasteiger partial charge is 0.311 e. The van der Waals surface area contributed by atoms with Gasteiger partial charge in [-0.15, -0.1) is 5.10 Å². The van der Waals surface area contributed by atoms with Crippen LogP contribution in [0.4, 0.5) is 0 Å². The minimum Gasteiger partial charge on any atom is -0.459 e. The number of nitrogens with zero attached hydrogens (tertiary/aromatic N) is 3. The van der Waals surface area contributed by atoms with E-state index in [1.807, 2.05) is 51.1 Å². The molecule has 0 unspecified atom stereocenters. The Bertz CT molecular complexity index is 556. The molecule has 0 radical (unpaired) electrons. The van der Waals surface area contributed by atoms with Gasteiger partial charge in [0.1, 0.15) is 12.3 Å². The molecular weight excluding hydrogens is 242 g/mol. The molecule has 0 aliphatic heterocycles. The van der Waals surface area contributed by atoms with Crippen molar-refractivity contribution in [3.8, 4) is 5.69 Å². The molecule has 0 bridgehead atoms. The average molecular weight is 259 g/mol. The summed E-state index contributed by atoms with van der Waals surface area (Å²) in [4.78, 5) is 11.6. The standard InChI is InChI=1S/C14H17N3O2/c1-14(2,3)13(18)19-10-11-9-17(16-15-11)12-7-5-4-6-8-12/h4-9H,10H2,1-3H3. The molecule has 100 valence electrons. The predicted molar refractivity (Wildman–Crippen MR) is 70.6 cm³/mol. The summed E-state index contributed by atoms with van der Waals surface area (Å²) in [5, 5.41) is 7.98. The molecule has 5 heteroatoms. The monoisotopic (exact) mass is 259 g/mol. The lowest BCUT2D eigenvalue weighted by atomic mass is 9.97. The van der Waals surface area contributed by atoms with Gasteiger partial charge in [0.25, 0.3) is 0 Å². The minimum atomic E-state index is -0.505. The predicted octanol–water partition coefficient (Wildman–Crippen LogP) is 2.36. The van der Waals surface area contributed by atoms with Gasteiger partial charge in [0, 0.05) is 0 Å². The van der Waals surface area contributed by atoms with E-state index < -0.39 is 5.41 Å². The van der Waals surface area contributed by atoms with Gasteiger partial charge in [-0.1, -0.05) is 23.4 Å². The summed E-state index contributed by atoms with van der Waals surface area (Å²) in [5.74, 6) is -0.248. The van der Waals surface area contributed by atoms with Crippen LogP contribution in [0.1, 0.15) is 26.5 Å². The Morgan fingerprint density at radius 3 is 2.58 bits per heavy atom. The molecule has 0 atom stereocenters. The molecule has 2 rings (SSSR count). The number of hydrogen-bond donors (Lipinski definition) is 0. The zero-order valence-electron chi connectivity index (χ0n) is 11.3. The molecule has 0 saturated heterocycles. The van der Waals surface area contributed by atoms with E-state index in [1.54, 1.807) is 10.9 Å². The third-order valence-corrected chi connectivity index (χ3v) is 2.53. The lowest BCUT2D eigenvalue weighted by Gasteiger charge is -2.15. The Kier molecular flexibility index (Phi) is 3.64. The average Bonchev–Trinajstić information content (AvgIpc) is 2.84. The van der Waals surface area contributed by atoms with Crippen LogP contribution >= 0.6 is 0 Å². The number of rotatable bonds is 3. The summed E-state index contributed by atoms with van der Waals surface area (Å²) in [5.41, 5.74) is 1.04. The second-order valence-corrected chi connectivity index (χ2v) is 5.32. The molecule has 0 aliphatic carbocycles.